The second kappa shape index (κ2) is 6.02. The molecule has 2 rings (SSSR count). The topological polar surface area (TPSA) is 34.1 Å². The molecule has 0 saturated carbocycles. The minimum atomic E-state index is -0.340. The van der Waals surface area contributed by atoms with Crippen LogP contribution in [0.1, 0.15) is 18.5 Å². The van der Waals surface area contributed by atoms with Gasteiger partial charge in [-0.05, 0) is 36.8 Å². The van der Waals surface area contributed by atoms with Crippen molar-refractivity contribution in [2.75, 3.05) is 12.4 Å². The van der Waals surface area contributed by atoms with Crippen molar-refractivity contribution in [3.8, 4) is 5.75 Å². The van der Waals surface area contributed by atoms with E-state index in [4.69, 9.17) is 4.74 Å². The molecule has 0 bridgehead atoms. The molecule has 19 heavy (non-hydrogen) atoms. The van der Waals surface area contributed by atoms with Crippen LogP contribution in [0.15, 0.2) is 41.1 Å². The SMILES string of the molecule is COc1ccc(Br)cc1NC(C)c1cncc(F)c1. The monoisotopic (exact) mass is 324 g/mol. The van der Waals surface area contributed by atoms with Crippen molar-refractivity contribution in [3.63, 3.8) is 0 Å². The predicted molar refractivity (Wildman–Crippen MR) is 76.9 cm³/mol. The van der Waals surface area contributed by atoms with Crippen molar-refractivity contribution >= 4 is 21.6 Å². The van der Waals surface area contributed by atoms with Crippen LogP contribution in [-0.4, -0.2) is 12.1 Å². The summed E-state index contributed by atoms with van der Waals surface area (Å²) in [5.41, 5.74) is 1.62. The fraction of sp³-hybridized carbons (Fsp3) is 0.214. The lowest BCUT2D eigenvalue weighted by molar-refractivity contribution is 0.416. The number of benzene rings is 1. The first-order valence-electron chi connectivity index (χ1n) is 5.80. The van der Waals surface area contributed by atoms with Crippen molar-refractivity contribution in [2.24, 2.45) is 0 Å². The van der Waals surface area contributed by atoms with Gasteiger partial charge in [0.15, 0.2) is 0 Å². The van der Waals surface area contributed by atoms with E-state index in [9.17, 15) is 4.39 Å². The molecule has 3 nitrogen and oxygen atoms in total. The fourth-order valence-electron chi connectivity index (χ4n) is 1.77. The molecule has 0 saturated heterocycles. The van der Waals surface area contributed by atoms with Crippen LogP contribution in [0.2, 0.25) is 0 Å². The standard InChI is InChI=1S/C14H14BrFN2O/c1-9(10-5-12(16)8-17-7-10)18-13-6-11(15)3-4-14(13)19-2/h3-9,18H,1-2H3. The first-order chi connectivity index (χ1) is 9.10. The van der Waals surface area contributed by atoms with E-state index in [-0.39, 0.29) is 11.9 Å². The number of anilines is 1. The van der Waals surface area contributed by atoms with Gasteiger partial charge in [-0.25, -0.2) is 4.39 Å². The summed E-state index contributed by atoms with van der Waals surface area (Å²) < 4.78 is 19.4. The van der Waals surface area contributed by atoms with E-state index >= 15 is 0 Å². The zero-order chi connectivity index (χ0) is 13.8. The van der Waals surface area contributed by atoms with Gasteiger partial charge >= 0.3 is 0 Å². The Morgan fingerprint density at radius 2 is 2.11 bits per heavy atom. The highest BCUT2D eigenvalue weighted by Crippen LogP contribution is 2.30. The van der Waals surface area contributed by atoms with Crippen LogP contribution in [0, 0.1) is 5.82 Å². The number of nitrogens with zero attached hydrogens (tertiary/aromatic N) is 1. The highest BCUT2D eigenvalue weighted by atomic mass is 79.9. The summed E-state index contributed by atoms with van der Waals surface area (Å²) in [6, 6.07) is 7.07. The summed E-state index contributed by atoms with van der Waals surface area (Å²) in [6.45, 7) is 1.94. The van der Waals surface area contributed by atoms with E-state index in [2.05, 4.69) is 26.2 Å². The molecule has 0 aliphatic carbocycles. The number of hydrogen-bond acceptors (Lipinski definition) is 3. The molecular formula is C14H14BrFN2O. The van der Waals surface area contributed by atoms with Gasteiger partial charge in [-0.2, -0.15) is 0 Å². The summed E-state index contributed by atoms with van der Waals surface area (Å²) in [4.78, 5) is 3.85. The van der Waals surface area contributed by atoms with Gasteiger partial charge in [0, 0.05) is 10.7 Å². The smallest absolute Gasteiger partial charge is 0.142 e. The van der Waals surface area contributed by atoms with Crippen LogP contribution in [0.25, 0.3) is 0 Å². The number of halogens is 2. The molecule has 5 heteroatoms. The van der Waals surface area contributed by atoms with E-state index in [1.54, 1.807) is 13.3 Å². The molecular weight excluding hydrogens is 311 g/mol. The summed E-state index contributed by atoms with van der Waals surface area (Å²) >= 11 is 3.42. The fourth-order valence-corrected chi connectivity index (χ4v) is 2.14. The van der Waals surface area contributed by atoms with E-state index in [0.29, 0.717) is 0 Å². The van der Waals surface area contributed by atoms with Gasteiger partial charge in [0.1, 0.15) is 11.6 Å². The largest absolute Gasteiger partial charge is 0.495 e. The number of ether oxygens (including phenoxy) is 1. The third kappa shape index (κ3) is 3.44. The van der Waals surface area contributed by atoms with E-state index < -0.39 is 0 Å². The van der Waals surface area contributed by atoms with Crippen LogP contribution in [0.5, 0.6) is 5.75 Å². The Balaban J connectivity index is 2.23. The summed E-state index contributed by atoms with van der Waals surface area (Å²) in [5, 5.41) is 3.28. The molecule has 0 fully saturated rings. The van der Waals surface area contributed by atoms with Crippen molar-refractivity contribution in [2.45, 2.75) is 13.0 Å². The van der Waals surface area contributed by atoms with Crippen LogP contribution in [-0.2, 0) is 0 Å². The molecule has 1 aromatic carbocycles. The highest BCUT2D eigenvalue weighted by Gasteiger charge is 2.10. The molecule has 1 N–H and O–H groups in total. The lowest BCUT2D eigenvalue weighted by atomic mass is 10.1. The molecule has 100 valence electrons. The van der Waals surface area contributed by atoms with E-state index in [1.807, 2.05) is 25.1 Å². The quantitative estimate of drug-likeness (QED) is 0.916. The Morgan fingerprint density at radius 1 is 1.32 bits per heavy atom. The minimum Gasteiger partial charge on any atom is -0.495 e. The molecule has 1 aromatic heterocycles. The summed E-state index contributed by atoms with van der Waals surface area (Å²) in [5.74, 6) is 0.395. The number of methoxy groups -OCH3 is 1. The number of nitrogens with one attached hydrogen (secondary N) is 1. The molecule has 0 radical (unpaired) electrons. The van der Waals surface area contributed by atoms with Gasteiger partial charge in [0.25, 0.3) is 0 Å². The van der Waals surface area contributed by atoms with Crippen molar-refractivity contribution in [3.05, 3.63) is 52.5 Å². The first-order valence-corrected chi connectivity index (χ1v) is 6.60. The van der Waals surface area contributed by atoms with Gasteiger partial charge in [0.05, 0.1) is 25.0 Å². The maximum absolute atomic E-state index is 13.2. The van der Waals surface area contributed by atoms with Gasteiger partial charge in [0.2, 0.25) is 0 Å². The maximum Gasteiger partial charge on any atom is 0.142 e. The Kier molecular flexibility index (Phi) is 4.37. The summed E-state index contributed by atoms with van der Waals surface area (Å²) in [7, 11) is 1.61. The molecule has 0 spiro atoms. The molecule has 0 aliphatic heterocycles. The lowest BCUT2D eigenvalue weighted by Gasteiger charge is -2.18. The third-order valence-electron chi connectivity index (χ3n) is 2.76. The predicted octanol–water partition coefficient (Wildman–Crippen LogP) is 4.16. The number of rotatable bonds is 4. The second-order valence-corrected chi connectivity index (χ2v) is 5.06. The lowest BCUT2D eigenvalue weighted by Crippen LogP contribution is -2.08. The van der Waals surface area contributed by atoms with Crippen LogP contribution in [0.3, 0.4) is 0 Å². The van der Waals surface area contributed by atoms with Gasteiger partial charge in [-0.15, -0.1) is 0 Å². The zero-order valence-electron chi connectivity index (χ0n) is 10.7. The number of pyridine rings is 1. The molecule has 2 aromatic rings. The van der Waals surface area contributed by atoms with Gasteiger partial charge in [-0.1, -0.05) is 15.9 Å². The molecule has 1 atom stereocenters. The second-order valence-electron chi connectivity index (χ2n) is 4.15. The average molecular weight is 325 g/mol. The van der Waals surface area contributed by atoms with Gasteiger partial charge in [-0.3, -0.25) is 4.98 Å². The maximum atomic E-state index is 13.2. The Morgan fingerprint density at radius 3 is 2.79 bits per heavy atom. The number of hydrogen-bond donors (Lipinski definition) is 1. The van der Waals surface area contributed by atoms with E-state index in [0.717, 1.165) is 21.5 Å². The Bertz CT molecular complexity index is 577. The highest BCUT2D eigenvalue weighted by molar-refractivity contribution is 9.10. The van der Waals surface area contributed by atoms with E-state index in [1.165, 1.54) is 12.3 Å². The summed E-state index contributed by atoms with van der Waals surface area (Å²) in [6.07, 6.45) is 2.83. The zero-order valence-corrected chi connectivity index (χ0v) is 12.2. The van der Waals surface area contributed by atoms with Crippen molar-refractivity contribution in [1.82, 2.24) is 4.98 Å². The van der Waals surface area contributed by atoms with Gasteiger partial charge < -0.3 is 10.1 Å². The molecule has 1 unspecified atom stereocenters. The normalized spacial score (nSPS) is 12.0. The van der Waals surface area contributed by atoms with Crippen molar-refractivity contribution < 1.29 is 9.13 Å². The van der Waals surface area contributed by atoms with Crippen LogP contribution < -0.4 is 10.1 Å². The first kappa shape index (κ1) is 13.8. The molecule has 1 heterocycles. The minimum absolute atomic E-state index is 0.0774. The average Bonchev–Trinajstić information content (AvgIpc) is 2.39. The Labute approximate surface area is 119 Å². The van der Waals surface area contributed by atoms with Crippen LogP contribution >= 0.6 is 15.9 Å². The van der Waals surface area contributed by atoms with Crippen molar-refractivity contribution in [1.29, 1.82) is 0 Å². The Hall–Kier alpha value is -1.62. The van der Waals surface area contributed by atoms with Crippen LogP contribution in [0.4, 0.5) is 10.1 Å². The molecule has 0 aliphatic rings. The third-order valence-corrected chi connectivity index (χ3v) is 3.25. The number of aromatic nitrogens is 1. The molecule has 0 amide bonds.